The van der Waals surface area contributed by atoms with Crippen LogP contribution in [0.5, 0.6) is 0 Å². The molecule has 0 spiro atoms. The molecule has 0 aromatic carbocycles. The van der Waals surface area contributed by atoms with Crippen molar-refractivity contribution in [1.82, 2.24) is 9.88 Å². The van der Waals surface area contributed by atoms with Crippen molar-refractivity contribution in [3.05, 3.63) is 27.9 Å². The summed E-state index contributed by atoms with van der Waals surface area (Å²) in [6, 6.07) is 2.81. The van der Waals surface area contributed by atoms with Crippen LogP contribution in [0.1, 0.15) is 30.8 Å². The highest BCUT2D eigenvalue weighted by Gasteiger charge is 2.36. The number of nitrogens with one attached hydrogen (secondary N) is 1. The second kappa shape index (κ2) is 5.80. The van der Waals surface area contributed by atoms with E-state index in [0.717, 1.165) is 6.42 Å². The SMILES string of the molecule is CC1(C)CN(C(=O)c2ccc([N+](=O)[O-])[nH]2)CCC1N.Cl. The summed E-state index contributed by atoms with van der Waals surface area (Å²) in [4.78, 5) is 26.5. The minimum atomic E-state index is -0.549. The van der Waals surface area contributed by atoms with Crippen LogP contribution >= 0.6 is 12.4 Å². The molecule has 1 saturated heterocycles. The third-order valence-corrected chi connectivity index (χ3v) is 3.70. The maximum Gasteiger partial charge on any atom is 0.321 e. The van der Waals surface area contributed by atoms with Gasteiger partial charge in [0, 0.05) is 25.2 Å². The lowest BCUT2D eigenvalue weighted by Gasteiger charge is -2.42. The summed E-state index contributed by atoms with van der Waals surface area (Å²) in [5, 5.41) is 10.6. The number of carbonyl (C=O) groups excluding carboxylic acids is 1. The van der Waals surface area contributed by atoms with Gasteiger partial charge in [-0.15, -0.1) is 12.4 Å². The molecule has 7 nitrogen and oxygen atoms in total. The lowest BCUT2D eigenvalue weighted by Crippen LogP contribution is -2.54. The van der Waals surface area contributed by atoms with Gasteiger partial charge >= 0.3 is 5.82 Å². The highest BCUT2D eigenvalue weighted by Crippen LogP contribution is 2.28. The molecule has 1 aromatic rings. The number of aromatic nitrogens is 1. The number of nitro groups is 1. The molecule has 1 aromatic heterocycles. The van der Waals surface area contributed by atoms with E-state index in [1.54, 1.807) is 4.90 Å². The van der Waals surface area contributed by atoms with Crippen LogP contribution in [0.2, 0.25) is 0 Å². The van der Waals surface area contributed by atoms with Gasteiger partial charge in [-0.3, -0.25) is 4.79 Å². The molecule has 1 amide bonds. The fourth-order valence-corrected chi connectivity index (χ4v) is 2.33. The monoisotopic (exact) mass is 302 g/mol. The normalized spacial score (nSPS) is 21.1. The van der Waals surface area contributed by atoms with Gasteiger partial charge < -0.3 is 20.7 Å². The Labute approximate surface area is 123 Å². The Morgan fingerprint density at radius 3 is 2.70 bits per heavy atom. The maximum absolute atomic E-state index is 12.3. The van der Waals surface area contributed by atoms with Gasteiger partial charge in [-0.1, -0.05) is 13.8 Å². The molecule has 0 aliphatic carbocycles. The third-order valence-electron chi connectivity index (χ3n) is 3.70. The van der Waals surface area contributed by atoms with Crippen molar-refractivity contribution in [2.45, 2.75) is 26.3 Å². The van der Waals surface area contributed by atoms with Gasteiger partial charge in [0.2, 0.25) is 0 Å². The summed E-state index contributed by atoms with van der Waals surface area (Å²) in [7, 11) is 0. The number of carbonyl (C=O) groups is 1. The number of nitrogens with zero attached hydrogens (tertiary/aromatic N) is 2. The number of amides is 1. The van der Waals surface area contributed by atoms with Crippen LogP contribution in [0.15, 0.2) is 12.1 Å². The van der Waals surface area contributed by atoms with Crippen LogP contribution in [0, 0.1) is 15.5 Å². The van der Waals surface area contributed by atoms with E-state index in [2.05, 4.69) is 4.98 Å². The number of halogens is 1. The lowest BCUT2D eigenvalue weighted by atomic mass is 9.79. The van der Waals surface area contributed by atoms with Crippen molar-refractivity contribution in [2.75, 3.05) is 13.1 Å². The summed E-state index contributed by atoms with van der Waals surface area (Å²) in [6.45, 7) is 5.18. The fraction of sp³-hybridized carbons (Fsp3) is 0.583. The van der Waals surface area contributed by atoms with Crippen LogP contribution in [0.4, 0.5) is 5.82 Å². The number of H-pyrrole nitrogens is 1. The van der Waals surface area contributed by atoms with E-state index in [0.29, 0.717) is 13.1 Å². The highest BCUT2D eigenvalue weighted by atomic mass is 35.5. The van der Waals surface area contributed by atoms with Gasteiger partial charge in [-0.25, -0.2) is 4.98 Å². The van der Waals surface area contributed by atoms with E-state index in [1.807, 2.05) is 13.8 Å². The second-order valence-electron chi connectivity index (χ2n) is 5.62. The number of hydrogen-bond donors (Lipinski definition) is 2. The number of rotatable bonds is 2. The van der Waals surface area contributed by atoms with Crippen molar-refractivity contribution in [2.24, 2.45) is 11.1 Å². The van der Waals surface area contributed by atoms with Gasteiger partial charge in [0.1, 0.15) is 0 Å². The Hall–Kier alpha value is -1.60. The number of nitrogens with two attached hydrogens (primary N) is 1. The van der Waals surface area contributed by atoms with Crippen LogP contribution in [0.25, 0.3) is 0 Å². The molecular weight excluding hydrogens is 284 g/mol. The van der Waals surface area contributed by atoms with Crippen molar-refractivity contribution >= 4 is 24.1 Å². The first-order valence-electron chi connectivity index (χ1n) is 6.19. The van der Waals surface area contributed by atoms with E-state index in [4.69, 9.17) is 5.73 Å². The van der Waals surface area contributed by atoms with E-state index in [9.17, 15) is 14.9 Å². The average Bonchev–Trinajstić information content (AvgIpc) is 2.81. The van der Waals surface area contributed by atoms with Crippen LogP contribution in [-0.2, 0) is 0 Å². The molecule has 1 aliphatic rings. The van der Waals surface area contributed by atoms with Crippen molar-refractivity contribution in [3.8, 4) is 0 Å². The van der Waals surface area contributed by atoms with Crippen LogP contribution in [-0.4, -0.2) is 39.8 Å². The van der Waals surface area contributed by atoms with Crippen molar-refractivity contribution < 1.29 is 9.72 Å². The zero-order chi connectivity index (χ0) is 14.2. The fourth-order valence-electron chi connectivity index (χ4n) is 2.33. The first-order chi connectivity index (χ1) is 8.81. The zero-order valence-electron chi connectivity index (χ0n) is 11.5. The topological polar surface area (TPSA) is 105 Å². The molecule has 1 fully saturated rings. The molecule has 20 heavy (non-hydrogen) atoms. The summed E-state index contributed by atoms with van der Waals surface area (Å²) < 4.78 is 0. The molecule has 0 saturated carbocycles. The zero-order valence-corrected chi connectivity index (χ0v) is 12.3. The number of piperidine rings is 1. The van der Waals surface area contributed by atoms with Crippen LogP contribution < -0.4 is 5.73 Å². The molecule has 1 atom stereocenters. The number of hydrogen-bond acceptors (Lipinski definition) is 4. The van der Waals surface area contributed by atoms with Gasteiger partial charge in [-0.2, -0.15) is 0 Å². The molecule has 2 heterocycles. The average molecular weight is 303 g/mol. The minimum absolute atomic E-state index is 0. The van der Waals surface area contributed by atoms with Gasteiger partial charge in [0.25, 0.3) is 5.91 Å². The third kappa shape index (κ3) is 3.10. The molecule has 3 N–H and O–H groups in total. The number of likely N-dealkylation sites (tertiary alicyclic amines) is 1. The second-order valence-corrected chi connectivity index (χ2v) is 5.62. The van der Waals surface area contributed by atoms with E-state index in [-0.39, 0.29) is 41.3 Å². The maximum atomic E-state index is 12.3. The standard InChI is InChI=1S/C12H18N4O3.ClH/c1-12(2)7-15(6-5-9(12)13)11(17)8-3-4-10(14-8)16(18)19;/h3-4,9,14H,5-7,13H2,1-2H3;1H. The lowest BCUT2D eigenvalue weighted by molar-refractivity contribution is -0.389. The first kappa shape index (κ1) is 16.5. The highest BCUT2D eigenvalue weighted by molar-refractivity contribution is 5.93. The minimum Gasteiger partial charge on any atom is -0.358 e. The quantitative estimate of drug-likeness (QED) is 0.638. The van der Waals surface area contributed by atoms with Crippen LogP contribution in [0.3, 0.4) is 0 Å². The Balaban J connectivity index is 0.00000200. The van der Waals surface area contributed by atoms with Crippen molar-refractivity contribution in [1.29, 1.82) is 0 Å². The molecule has 8 heteroatoms. The summed E-state index contributed by atoms with van der Waals surface area (Å²) in [5.41, 5.74) is 6.12. The van der Waals surface area contributed by atoms with Gasteiger partial charge in [0.15, 0.2) is 5.69 Å². The van der Waals surface area contributed by atoms with Gasteiger partial charge in [-0.05, 0) is 22.8 Å². The molecule has 2 rings (SSSR count). The Morgan fingerprint density at radius 2 is 2.20 bits per heavy atom. The van der Waals surface area contributed by atoms with Gasteiger partial charge in [0.05, 0.1) is 0 Å². The van der Waals surface area contributed by atoms with E-state index in [1.165, 1.54) is 12.1 Å². The Kier molecular flexibility index (Phi) is 4.77. The largest absolute Gasteiger partial charge is 0.358 e. The number of aromatic amines is 1. The molecule has 112 valence electrons. The molecule has 0 radical (unpaired) electrons. The molecular formula is C12H19ClN4O3. The molecule has 1 unspecified atom stereocenters. The first-order valence-corrected chi connectivity index (χ1v) is 6.19. The summed E-state index contributed by atoms with van der Waals surface area (Å²) >= 11 is 0. The predicted octanol–water partition coefficient (Wildman–Crippen LogP) is 1.54. The Bertz CT molecular complexity index is 515. The molecule has 1 aliphatic heterocycles. The predicted molar refractivity (Wildman–Crippen MR) is 77.0 cm³/mol. The summed E-state index contributed by atoms with van der Waals surface area (Å²) in [6.07, 6.45) is 0.738. The smallest absolute Gasteiger partial charge is 0.321 e. The van der Waals surface area contributed by atoms with E-state index < -0.39 is 4.92 Å². The molecule has 0 bridgehead atoms. The summed E-state index contributed by atoms with van der Waals surface area (Å²) in [5.74, 6) is -0.385. The Morgan fingerprint density at radius 1 is 1.55 bits per heavy atom. The van der Waals surface area contributed by atoms with E-state index >= 15 is 0 Å². The van der Waals surface area contributed by atoms with Crippen molar-refractivity contribution in [3.63, 3.8) is 0 Å².